The molecule has 1 heterocycles. The molecule has 5 aromatic rings. The second kappa shape index (κ2) is 8.75. The summed E-state index contributed by atoms with van der Waals surface area (Å²) in [6.07, 6.45) is 1.76. The molecule has 4 heteroatoms. The molecule has 0 atom stereocenters. The highest BCUT2D eigenvalue weighted by molar-refractivity contribution is 6.02. The Morgan fingerprint density at radius 3 is 2.39 bits per heavy atom. The molecule has 5 rings (SSSR count). The van der Waals surface area contributed by atoms with Crippen LogP contribution in [0.5, 0.6) is 0 Å². The summed E-state index contributed by atoms with van der Waals surface area (Å²) in [4.78, 5) is 12.5. The maximum Gasteiger partial charge on any atom is 0.271 e. The third-order valence-electron chi connectivity index (χ3n) is 6.24. The molecule has 33 heavy (non-hydrogen) atoms. The lowest BCUT2D eigenvalue weighted by molar-refractivity contribution is 0.0954. The topological polar surface area (TPSA) is 46.4 Å². The number of carbonyl (C=O) groups is 1. The highest BCUT2D eigenvalue weighted by Gasteiger charge is 2.14. The number of amides is 1. The van der Waals surface area contributed by atoms with Crippen LogP contribution >= 0.6 is 0 Å². The molecule has 0 saturated heterocycles. The van der Waals surface area contributed by atoms with E-state index in [2.05, 4.69) is 82.7 Å². The van der Waals surface area contributed by atoms with Gasteiger partial charge in [0.15, 0.2) is 0 Å². The third-order valence-corrected chi connectivity index (χ3v) is 6.24. The van der Waals surface area contributed by atoms with E-state index < -0.39 is 0 Å². The zero-order chi connectivity index (χ0) is 22.8. The molecule has 1 amide bonds. The first-order chi connectivity index (χ1) is 16.1. The molecule has 0 radical (unpaired) electrons. The molecule has 0 aliphatic carbocycles. The van der Waals surface area contributed by atoms with E-state index in [1.165, 1.54) is 16.3 Å². The molecule has 4 nitrogen and oxygen atoms in total. The maximum absolute atomic E-state index is 12.5. The minimum atomic E-state index is -0.207. The summed E-state index contributed by atoms with van der Waals surface area (Å²) in [5, 5.41) is 7.92. The number of para-hydroxylation sites is 1. The molecule has 0 aliphatic heterocycles. The monoisotopic (exact) mass is 431 g/mol. The lowest BCUT2D eigenvalue weighted by Gasteiger charge is -2.11. The Morgan fingerprint density at radius 1 is 0.848 bits per heavy atom. The van der Waals surface area contributed by atoms with Crippen LogP contribution in [-0.4, -0.2) is 16.7 Å². The van der Waals surface area contributed by atoms with E-state index in [4.69, 9.17) is 0 Å². The number of benzene rings is 4. The molecule has 0 fully saturated rings. The Balaban J connectivity index is 1.50. The van der Waals surface area contributed by atoms with E-state index >= 15 is 0 Å². The van der Waals surface area contributed by atoms with Crippen molar-refractivity contribution in [2.45, 2.75) is 20.4 Å². The Kier molecular flexibility index (Phi) is 5.49. The Hall–Kier alpha value is -4.18. The van der Waals surface area contributed by atoms with Crippen molar-refractivity contribution in [3.63, 3.8) is 0 Å². The first-order valence-corrected chi connectivity index (χ1v) is 11.1. The van der Waals surface area contributed by atoms with Crippen LogP contribution in [-0.2, 0) is 6.54 Å². The van der Waals surface area contributed by atoms with E-state index in [9.17, 15) is 4.79 Å². The molecule has 1 aromatic heterocycles. The van der Waals surface area contributed by atoms with Crippen molar-refractivity contribution >= 4 is 33.8 Å². The van der Waals surface area contributed by atoms with Gasteiger partial charge >= 0.3 is 0 Å². The molecular formula is C29H25N3O. The molecular weight excluding hydrogens is 406 g/mol. The van der Waals surface area contributed by atoms with Gasteiger partial charge < -0.3 is 4.57 Å². The number of aryl methyl sites for hydroxylation is 1. The summed E-state index contributed by atoms with van der Waals surface area (Å²) in [5.74, 6) is -0.207. The molecule has 0 bridgehead atoms. The standard InChI is InChI=1S/C29H25N3O/c1-20-10-3-5-14-24(20)29(33)31-30-18-27-21(2)32(28-17-8-7-16-26(27)28)19-23-13-9-12-22-11-4-6-15-25(22)23/h3-18H,19H2,1-2H3,(H,31,33)/b30-18-. The van der Waals surface area contributed by atoms with E-state index in [0.717, 1.165) is 34.3 Å². The summed E-state index contributed by atoms with van der Waals surface area (Å²) in [6, 6.07) is 30.8. The van der Waals surface area contributed by atoms with Gasteiger partial charge in [-0.05, 0) is 47.9 Å². The number of hydrogen-bond donors (Lipinski definition) is 1. The molecule has 4 aromatic carbocycles. The smallest absolute Gasteiger partial charge is 0.271 e. The van der Waals surface area contributed by atoms with Gasteiger partial charge in [0, 0.05) is 34.3 Å². The Morgan fingerprint density at radius 2 is 1.55 bits per heavy atom. The van der Waals surface area contributed by atoms with Crippen molar-refractivity contribution in [3.8, 4) is 0 Å². The first-order valence-electron chi connectivity index (χ1n) is 11.1. The number of nitrogens with zero attached hydrogens (tertiary/aromatic N) is 2. The fourth-order valence-electron chi connectivity index (χ4n) is 4.47. The first kappa shape index (κ1) is 20.7. The van der Waals surface area contributed by atoms with E-state index in [1.807, 2.05) is 37.3 Å². The van der Waals surface area contributed by atoms with Crippen LogP contribution in [0.25, 0.3) is 21.7 Å². The average molecular weight is 432 g/mol. The van der Waals surface area contributed by atoms with Crippen molar-refractivity contribution in [2.24, 2.45) is 5.10 Å². The van der Waals surface area contributed by atoms with Gasteiger partial charge in [-0.25, -0.2) is 5.43 Å². The van der Waals surface area contributed by atoms with E-state index in [-0.39, 0.29) is 5.91 Å². The van der Waals surface area contributed by atoms with Gasteiger partial charge in [0.1, 0.15) is 0 Å². The SMILES string of the molecule is Cc1ccccc1C(=O)N/N=C\c1c(C)n(Cc2cccc3ccccc23)c2ccccc12. The minimum Gasteiger partial charge on any atom is -0.340 e. The minimum absolute atomic E-state index is 0.207. The van der Waals surface area contributed by atoms with Gasteiger partial charge in [0.2, 0.25) is 0 Å². The Bertz CT molecular complexity index is 1510. The van der Waals surface area contributed by atoms with Gasteiger partial charge in [-0.15, -0.1) is 0 Å². The Labute approximate surface area is 193 Å². The summed E-state index contributed by atoms with van der Waals surface area (Å²) < 4.78 is 2.32. The van der Waals surface area contributed by atoms with Crippen molar-refractivity contribution in [3.05, 3.63) is 119 Å². The number of rotatable bonds is 5. The largest absolute Gasteiger partial charge is 0.340 e. The fraction of sp³-hybridized carbons (Fsp3) is 0.103. The second-order valence-corrected chi connectivity index (χ2v) is 8.25. The predicted octanol–water partition coefficient (Wildman–Crippen LogP) is 6.22. The quantitative estimate of drug-likeness (QED) is 0.260. The maximum atomic E-state index is 12.5. The molecule has 0 saturated carbocycles. The van der Waals surface area contributed by atoms with E-state index in [1.54, 1.807) is 6.21 Å². The fourth-order valence-corrected chi connectivity index (χ4v) is 4.47. The highest BCUT2D eigenvalue weighted by atomic mass is 16.2. The van der Waals surface area contributed by atoms with Crippen LogP contribution in [0.1, 0.15) is 32.7 Å². The predicted molar refractivity (Wildman–Crippen MR) is 136 cm³/mol. The van der Waals surface area contributed by atoms with Crippen LogP contribution in [0, 0.1) is 13.8 Å². The van der Waals surface area contributed by atoms with E-state index in [0.29, 0.717) is 5.56 Å². The molecule has 0 spiro atoms. The highest BCUT2D eigenvalue weighted by Crippen LogP contribution is 2.27. The number of carbonyl (C=O) groups excluding carboxylic acids is 1. The number of fused-ring (bicyclic) bond motifs is 2. The van der Waals surface area contributed by atoms with Gasteiger partial charge in [0.05, 0.1) is 6.21 Å². The van der Waals surface area contributed by atoms with Crippen molar-refractivity contribution in [1.82, 2.24) is 9.99 Å². The molecule has 162 valence electrons. The second-order valence-electron chi connectivity index (χ2n) is 8.25. The van der Waals surface area contributed by atoms with Gasteiger partial charge in [-0.1, -0.05) is 78.9 Å². The van der Waals surface area contributed by atoms with Crippen LogP contribution in [0.3, 0.4) is 0 Å². The van der Waals surface area contributed by atoms with Gasteiger partial charge in [0.25, 0.3) is 5.91 Å². The molecule has 1 N–H and O–H groups in total. The van der Waals surface area contributed by atoms with Crippen LogP contribution in [0.4, 0.5) is 0 Å². The van der Waals surface area contributed by atoms with Gasteiger partial charge in [-0.3, -0.25) is 4.79 Å². The van der Waals surface area contributed by atoms with Gasteiger partial charge in [-0.2, -0.15) is 5.10 Å². The summed E-state index contributed by atoms with van der Waals surface area (Å²) in [5.41, 5.74) is 8.78. The van der Waals surface area contributed by atoms with Crippen LogP contribution < -0.4 is 5.43 Å². The summed E-state index contributed by atoms with van der Waals surface area (Å²) >= 11 is 0. The zero-order valence-electron chi connectivity index (χ0n) is 18.7. The van der Waals surface area contributed by atoms with Crippen molar-refractivity contribution in [1.29, 1.82) is 0 Å². The van der Waals surface area contributed by atoms with Crippen LogP contribution in [0.2, 0.25) is 0 Å². The normalized spacial score (nSPS) is 11.5. The number of hydrazone groups is 1. The number of nitrogens with one attached hydrogen (secondary N) is 1. The van der Waals surface area contributed by atoms with Crippen molar-refractivity contribution in [2.75, 3.05) is 0 Å². The third kappa shape index (κ3) is 3.92. The lowest BCUT2D eigenvalue weighted by Crippen LogP contribution is -2.18. The molecule has 0 unspecified atom stereocenters. The number of hydrogen-bond acceptors (Lipinski definition) is 2. The summed E-state index contributed by atoms with van der Waals surface area (Å²) in [7, 11) is 0. The van der Waals surface area contributed by atoms with Crippen molar-refractivity contribution < 1.29 is 4.79 Å². The van der Waals surface area contributed by atoms with Crippen LogP contribution in [0.15, 0.2) is 96.1 Å². The summed E-state index contributed by atoms with van der Waals surface area (Å²) in [6.45, 7) is 4.79. The lowest BCUT2D eigenvalue weighted by atomic mass is 10.0. The average Bonchev–Trinajstić information content (AvgIpc) is 3.10. The zero-order valence-corrected chi connectivity index (χ0v) is 18.7. The molecule has 0 aliphatic rings. The number of aromatic nitrogens is 1.